The summed E-state index contributed by atoms with van der Waals surface area (Å²) >= 11 is 6.99. The van der Waals surface area contributed by atoms with Crippen molar-refractivity contribution in [2.45, 2.75) is 51.3 Å². The third kappa shape index (κ3) is 7.83. The maximum Gasteiger partial charge on any atom is 0.235 e. The Morgan fingerprint density at radius 1 is 1.38 bits per heavy atom. The second kappa shape index (κ2) is 8.76. The fourth-order valence-electron chi connectivity index (χ4n) is 1.99. The Morgan fingerprint density at radius 2 is 2.10 bits per heavy atom. The zero-order valence-electron chi connectivity index (χ0n) is 12.4. The van der Waals surface area contributed by atoms with Crippen LogP contribution in [-0.2, 0) is 20.4 Å². The number of nitrogens with one attached hydrogen (secondary N) is 1. The lowest BCUT2D eigenvalue weighted by Crippen LogP contribution is -2.37. The van der Waals surface area contributed by atoms with Crippen LogP contribution in [0.15, 0.2) is 12.1 Å². The largest absolute Gasteiger partial charge is 0.353 e. The van der Waals surface area contributed by atoms with Gasteiger partial charge in [0.25, 0.3) is 0 Å². The molecule has 120 valence electrons. The van der Waals surface area contributed by atoms with E-state index in [1.165, 1.54) is 11.3 Å². The number of halogens is 1. The van der Waals surface area contributed by atoms with Crippen molar-refractivity contribution in [1.82, 2.24) is 5.32 Å². The van der Waals surface area contributed by atoms with E-state index in [-0.39, 0.29) is 11.8 Å². The van der Waals surface area contributed by atoms with Gasteiger partial charge in [0, 0.05) is 10.9 Å². The van der Waals surface area contributed by atoms with E-state index in [4.69, 9.17) is 11.6 Å². The van der Waals surface area contributed by atoms with Crippen LogP contribution in [0.1, 0.15) is 44.4 Å². The number of carbonyl (C=O) groups is 1. The van der Waals surface area contributed by atoms with Gasteiger partial charge in [-0.1, -0.05) is 37.8 Å². The summed E-state index contributed by atoms with van der Waals surface area (Å²) in [5.74, 6) is -1.04. The fraction of sp³-hybridized carbons (Fsp3) is 0.643. The van der Waals surface area contributed by atoms with Gasteiger partial charge < -0.3 is 5.32 Å². The zero-order valence-corrected chi connectivity index (χ0v) is 14.8. The van der Waals surface area contributed by atoms with Crippen molar-refractivity contribution in [3.05, 3.63) is 21.3 Å². The smallest absolute Gasteiger partial charge is 0.235 e. The molecule has 1 aromatic rings. The second-order valence-corrected chi connectivity index (χ2v) is 9.07. The first-order valence-electron chi connectivity index (χ1n) is 7.06. The summed E-state index contributed by atoms with van der Waals surface area (Å²) in [6, 6.07) is 3.35. The van der Waals surface area contributed by atoms with Crippen molar-refractivity contribution in [2.75, 3.05) is 5.75 Å². The number of rotatable bonds is 9. The lowest BCUT2D eigenvalue weighted by Gasteiger charge is -2.13. The van der Waals surface area contributed by atoms with Gasteiger partial charge in [0.1, 0.15) is 5.75 Å². The Kier molecular flexibility index (Phi) is 7.70. The van der Waals surface area contributed by atoms with E-state index in [2.05, 4.69) is 12.2 Å². The van der Waals surface area contributed by atoms with Crippen LogP contribution in [0.25, 0.3) is 0 Å². The maximum atomic E-state index is 12.0. The Balaban J connectivity index is 2.41. The minimum atomic E-state index is -3.45. The van der Waals surface area contributed by atoms with Crippen LogP contribution in [0.3, 0.4) is 0 Å². The van der Waals surface area contributed by atoms with Crippen LogP contribution < -0.4 is 5.32 Å². The molecule has 0 saturated carbocycles. The summed E-state index contributed by atoms with van der Waals surface area (Å²) in [7, 11) is -3.45. The topological polar surface area (TPSA) is 63.2 Å². The first kappa shape index (κ1) is 18.5. The molecule has 0 saturated heterocycles. The van der Waals surface area contributed by atoms with E-state index in [9.17, 15) is 13.2 Å². The highest BCUT2D eigenvalue weighted by Gasteiger charge is 2.19. The number of amides is 1. The predicted octanol–water partition coefficient (Wildman–Crippen LogP) is 3.40. The molecular weight excluding hydrogens is 330 g/mol. The molecule has 1 N–H and O–H groups in total. The number of thiophene rings is 1. The van der Waals surface area contributed by atoms with Crippen molar-refractivity contribution in [1.29, 1.82) is 0 Å². The highest BCUT2D eigenvalue weighted by atomic mass is 35.5. The van der Waals surface area contributed by atoms with Crippen molar-refractivity contribution in [2.24, 2.45) is 0 Å². The predicted molar refractivity (Wildman–Crippen MR) is 88.6 cm³/mol. The van der Waals surface area contributed by atoms with Crippen molar-refractivity contribution in [3.8, 4) is 0 Å². The molecule has 1 amide bonds. The Bertz CT molecular complexity index is 554. The summed E-state index contributed by atoms with van der Waals surface area (Å²) in [6.45, 7) is 4.02. The van der Waals surface area contributed by atoms with Gasteiger partial charge in [-0.3, -0.25) is 4.79 Å². The Hall–Kier alpha value is -0.590. The van der Waals surface area contributed by atoms with Crippen LogP contribution in [0.2, 0.25) is 4.34 Å². The summed E-state index contributed by atoms with van der Waals surface area (Å²) < 4.78 is 24.5. The molecule has 0 fully saturated rings. The SMILES string of the molecule is CCCCCC(C)NC(=O)CS(=O)(=O)Cc1ccc(Cl)s1. The molecule has 21 heavy (non-hydrogen) atoms. The van der Waals surface area contributed by atoms with E-state index in [0.29, 0.717) is 9.21 Å². The molecule has 1 heterocycles. The molecule has 0 aliphatic rings. The van der Waals surface area contributed by atoms with E-state index in [1.807, 2.05) is 6.92 Å². The first-order chi connectivity index (χ1) is 9.82. The molecule has 1 rings (SSSR count). The highest BCUT2D eigenvalue weighted by Crippen LogP contribution is 2.23. The molecule has 0 aromatic carbocycles. The summed E-state index contributed by atoms with van der Waals surface area (Å²) in [6.07, 6.45) is 4.16. The number of hydrogen-bond acceptors (Lipinski definition) is 4. The standard InChI is InChI=1S/C14H22ClNO3S2/c1-3-4-5-6-11(2)16-14(17)10-21(18,19)9-12-7-8-13(15)20-12/h7-8,11H,3-6,9-10H2,1-2H3,(H,16,17). The number of hydrogen-bond donors (Lipinski definition) is 1. The summed E-state index contributed by atoms with van der Waals surface area (Å²) in [5, 5.41) is 2.75. The molecular formula is C14H22ClNO3S2. The molecule has 0 bridgehead atoms. The second-order valence-electron chi connectivity index (χ2n) is 5.20. The number of unbranched alkanes of at least 4 members (excludes halogenated alkanes) is 2. The molecule has 1 unspecified atom stereocenters. The van der Waals surface area contributed by atoms with Crippen LogP contribution in [-0.4, -0.2) is 26.1 Å². The molecule has 0 radical (unpaired) electrons. The normalized spacial score (nSPS) is 13.1. The van der Waals surface area contributed by atoms with E-state index in [0.717, 1.165) is 25.7 Å². The molecule has 0 aliphatic carbocycles. The van der Waals surface area contributed by atoms with Gasteiger partial charge >= 0.3 is 0 Å². The van der Waals surface area contributed by atoms with Crippen LogP contribution >= 0.6 is 22.9 Å². The quantitative estimate of drug-likeness (QED) is 0.693. The maximum absolute atomic E-state index is 12.0. The molecule has 0 aliphatic heterocycles. The third-order valence-electron chi connectivity index (χ3n) is 2.99. The molecule has 1 aromatic heterocycles. The molecule has 4 nitrogen and oxygen atoms in total. The van der Waals surface area contributed by atoms with Crippen LogP contribution in [0.5, 0.6) is 0 Å². The lowest BCUT2D eigenvalue weighted by atomic mass is 10.1. The van der Waals surface area contributed by atoms with Crippen LogP contribution in [0, 0.1) is 0 Å². The van der Waals surface area contributed by atoms with Gasteiger partial charge in [-0.2, -0.15) is 0 Å². The Morgan fingerprint density at radius 3 is 2.67 bits per heavy atom. The van der Waals surface area contributed by atoms with Gasteiger partial charge in [-0.15, -0.1) is 11.3 Å². The highest BCUT2D eigenvalue weighted by molar-refractivity contribution is 7.91. The monoisotopic (exact) mass is 351 g/mol. The van der Waals surface area contributed by atoms with Crippen molar-refractivity contribution >= 4 is 38.7 Å². The molecule has 1 atom stereocenters. The Labute approximate surface area is 135 Å². The van der Waals surface area contributed by atoms with Crippen molar-refractivity contribution < 1.29 is 13.2 Å². The number of carbonyl (C=O) groups excluding carboxylic acids is 1. The van der Waals surface area contributed by atoms with Gasteiger partial charge in [0.15, 0.2) is 9.84 Å². The minimum absolute atomic E-state index is 0.00966. The summed E-state index contributed by atoms with van der Waals surface area (Å²) in [5.41, 5.74) is 0. The zero-order chi connectivity index (χ0) is 15.9. The lowest BCUT2D eigenvalue weighted by molar-refractivity contribution is -0.119. The summed E-state index contributed by atoms with van der Waals surface area (Å²) in [4.78, 5) is 12.4. The van der Waals surface area contributed by atoms with E-state index in [1.54, 1.807) is 12.1 Å². The first-order valence-corrected chi connectivity index (χ1v) is 10.1. The van der Waals surface area contributed by atoms with Gasteiger partial charge in [0.05, 0.1) is 10.1 Å². The van der Waals surface area contributed by atoms with Gasteiger partial charge in [-0.05, 0) is 25.5 Å². The fourth-order valence-corrected chi connectivity index (χ4v) is 4.76. The minimum Gasteiger partial charge on any atom is -0.353 e. The van der Waals surface area contributed by atoms with Crippen LogP contribution in [0.4, 0.5) is 0 Å². The van der Waals surface area contributed by atoms with E-state index >= 15 is 0 Å². The average Bonchev–Trinajstić information content (AvgIpc) is 2.72. The molecule has 7 heteroatoms. The molecule has 0 spiro atoms. The van der Waals surface area contributed by atoms with Crippen molar-refractivity contribution in [3.63, 3.8) is 0 Å². The average molecular weight is 352 g/mol. The number of sulfone groups is 1. The third-order valence-corrected chi connectivity index (χ3v) is 5.86. The van der Waals surface area contributed by atoms with Gasteiger partial charge in [-0.25, -0.2) is 8.42 Å². The van der Waals surface area contributed by atoms with Gasteiger partial charge in [0.2, 0.25) is 5.91 Å². The van der Waals surface area contributed by atoms with E-state index < -0.39 is 21.5 Å².